The molecule has 0 aliphatic heterocycles. The molecule has 0 aromatic carbocycles. The van der Waals surface area contributed by atoms with Crippen molar-refractivity contribution in [3.05, 3.63) is 24.5 Å². The van der Waals surface area contributed by atoms with Crippen molar-refractivity contribution >= 4 is 5.69 Å². The van der Waals surface area contributed by atoms with E-state index in [0.29, 0.717) is 12.0 Å². The van der Waals surface area contributed by atoms with Crippen LogP contribution in [0.15, 0.2) is 24.5 Å². The number of rotatable bonds is 3. The third-order valence-corrected chi connectivity index (χ3v) is 2.06. The highest BCUT2D eigenvalue weighted by atomic mass is 14.9. The Bertz CT molecular complexity index is 219. The summed E-state index contributed by atoms with van der Waals surface area (Å²) in [6.45, 7) is 6.58. The summed E-state index contributed by atoms with van der Waals surface area (Å²) in [5.74, 6) is 0.644. The molecule has 12 heavy (non-hydrogen) atoms. The number of aromatic nitrogens is 1. The van der Waals surface area contributed by atoms with E-state index in [0.717, 1.165) is 5.69 Å². The minimum atomic E-state index is 0.495. The molecule has 0 radical (unpaired) electrons. The van der Waals surface area contributed by atoms with Gasteiger partial charge in [0, 0.05) is 18.4 Å². The van der Waals surface area contributed by atoms with E-state index in [-0.39, 0.29) is 0 Å². The van der Waals surface area contributed by atoms with Gasteiger partial charge in [0.2, 0.25) is 0 Å². The first-order valence-corrected chi connectivity index (χ1v) is 4.36. The standard InChI is InChI=1S/C10H16N2/c1-8(2)9(3)12-10-5-4-6-11-7-10/h4-9,12H,1-3H3. The van der Waals surface area contributed by atoms with E-state index < -0.39 is 0 Å². The minimum absolute atomic E-state index is 0.495. The molecule has 2 nitrogen and oxygen atoms in total. The normalized spacial score (nSPS) is 13.0. The van der Waals surface area contributed by atoms with Gasteiger partial charge in [0.1, 0.15) is 0 Å². The molecule has 0 amide bonds. The first kappa shape index (κ1) is 9.04. The number of nitrogens with one attached hydrogen (secondary N) is 1. The van der Waals surface area contributed by atoms with Crippen LogP contribution in [-0.4, -0.2) is 11.0 Å². The van der Waals surface area contributed by atoms with Crippen LogP contribution in [-0.2, 0) is 0 Å². The van der Waals surface area contributed by atoms with Crippen molar-refractivity contribution in [2.24, 2.45) is 5.92 Å². The van der Waals surface area contributed by atoms with Gasteiger partial charge in [-0.1, -0.05) is 13.8 Å². The zero-order chi connectivity index (χ0) is 8.97. The molecule has 66 valence electrons. The SMILES string of the molecule is CC(C)C(C)Nc1cccnc1. The predicted octanol–water partition coefficient (Wildman–Crippen LogP) is 2.54. The lowest BCUT2D eigenvalue weighted by molar-refractivity contribution is 0.560. The van der Waals surface area contributed by atoms with Crippen molar-refractivity contribution in [1.29, 1.82) is 0 Å². The van der Waals surface area contributed by atoms with Crippen molar-refractivity contribution in [1.82, 2.24) is 4.98 Å². The van der Waals surface area contributed by atoms with Crippen LogP contribution < -0.4 is 5.32 Å². The maximum Gasteiger partial charge on any atom is 0.0528 e. The molecule has 1 unspecified atom stereocenters. The van der Waals surface area contributed by atoms with Crippen molar-refractivity contribution < 1.29 is 0 Å². The van der Waals surface area contributed by atoms with Gasteiger partial charge in [-0.15, -0.1) is 0 Å². The van der Waals surface area contributed by atoms with Crippen LogP contribution in [0.1, 0.15) is 20.8 Å². The molecule has 0 saturated carbocycles. The summed E-state index contributed by atoms with van der Waals surface area (Å²) in [5, 5.41) is 3.38. The largest absolute Gasteiger partial charge is 0.381 e. The zero-order valence-electron chi connectivity index (χ0n) is 7.91. The van der Waals surface area contributed by atoms with Crippen LogP contribution in [0, 0.1) is 5.92 Å². The minimum Gasteiger partial charge on any atom is -0.381 e. The van der Waals surface area contributed by atoms with Gasteiger partial charge in [-0.05, 0) is 25.0 Å². The number of hydrogen-bond acceptors (Lipinski definition) is 2. The Morgan fingerprint density at radius 3 is 2.58 bits per heavy atom. The van der Waals surface area contributed by atoms with Gasteiger partial charge >= 0.3 is 0 Å². The monoisotopic (exact) mass is 164 g/mol. The summed E-state index contributed by atoms with van der Waals surface area (Å²) in [5.41, 5.74) is 1.10. The fourth-order valence-corrected chi connectivity index (χ4v) is 0.878. The van der Waals surface area contributed by atoms with Crippen LogP contribution in [0.3, 0.4) is 0 Å². The highest BCUT2D eigenvalue weighted by Gasteiger charge is 2.05. The Morgan fingerprint density at radius 1 is 1.33 bits per heavy atom. The Morgan fingerprint density at radius 2 is 2.08 bits per heavy atom. The molecule has 0 aliphatic rings. The highest BCUT2D eigenvalue weighted by Crippen LogP contribution is 2.09. The maximum atomic E-state index is 4.03. The van der Waals surface area contributed by atoms with E-state index in [2.05, 4.69) is 31.1 Å². The summed E-state index contributed by atoms with van der Waals surface area (Å²) >= 11 is 0. The molecule has 2 heteroatoms. The average molecular weight is 164 g/mol. The predicted molar refractivity (Wildman–Crippen MR) is 52.2 cm³/mol. The Hall–Kier alpha value is -1.05. The highest BCUT2D eigenvalue weighted by molar-refractivity contribution is 5.40. The molecule has 0 saturated heterocycles. The van der Waals surface area contributed by atoms with Gasteiger partial charge in [0.05, 0.1) is 5.69 Å². The van der Waals surface area contributed by atoms with Crippen molar-refractivity contribution in [2.75, 3.05) is 5.32 Å². The molecule has 1 N–H and O–H groups in total. The molecule has 1 heterocycles. The molecule has 0 fully saturated rings. The second kappa shape index (κ2) is 4.10. The third kappa shape index (κ3) is 2.53. The lowest BCUT2D eigenvalue weighted by Gasteiger charge is -2.18. The Labute approximate surface area is 74.0 Å². The third-order valence-electron chi connectivity index (χ3n) is 2.06. The van der Waals surface area contributed by atoms with Crippen molar-refractivity contribution in [2.45, 2.75) is 26.8 Å². The van der Waals surface area contributed by atoms with E-state index in [1.54, 1.807) is 6.20 Å². The lowest BCUT2D eigenvalue weighted by Crippen LogP contribution is -2.21. The van der Waals surface area contributed by atoms with Gasteiger partial charge < -0.3 is 5.32 Å². The van der Waals surface area contributed by atoms with Crippen LogP contribution in [0.2, 0.25) is 0 Å². The van der Waals surface area contributed by atoms with Crippen LogP contribution >= 0.6 is 0 Å². The summed E-state index contributed by atoms with van der Waals surface area (Å²) < 4.78 is 0. The number of anilines is 1. The fourth-order valence-electron chi connectivity index (χ4n) is 0.878. The molecule has 0 aliphatic carbocycles. The number of pyridine rings is 1. The molecule has 1 aromatic rings. The Balaban J connectivity index is 2.53. The number of hydrogen-bond donors (Lipinski definition) is 1. The van der Waals surface area contributed by atoms with Crippen LogP contribution in [0.4, 0.5) is 5.69 Å². The fraction of sp³-hybridized carbons (Fsp3) is 0.500. The molecule has 1 rings (SSSR count). The summed E-state index contributed by atoms with van der Waals surface area (Å²) in [4.78, 5) is 4.03. The quantitative estimate of drug-likeness (QED) is 0.742. The molecule has 0 spiro atoms. The van der Waals surface area contributed by atoms with Gasteiger partial charge in [-0.3, -0.25) is 4.98 Å². The summed E-state index contributed by atoms with van der Waals surface area (Å²) in [6, 6.07) is 4.47. The van der Waals surface area contributed by atoms with Gasteiger partial charge in [-0.2, -0.15) is 0 Å². The molecular weight excluding hydrogens is 148 g/mol. The summed E-state index contributed by atoms with van der Waals surface area (Å²) in [6.07, 6.45) is 3.63. The first-order chi connectivity index (χ1) is 5.70. The van der Waals surface area contributed by atoms with Crippen LogP contribution in [0.5, 0.6) is 0 Å². The topological polar surface area (TPSA) is 24.9 Å². The molecular formula is C10H16N2. The lowest BCUT2D eigenvalue weighted by atomic mass is 10.1. The van der Waals surface area contributed by atoms with E-state index in [9.17, 15) is 0 Å². The van der Waals surface area contributed by atoms with Crippen LogP contribution in [0.25, 0.3) is 0 Å². The van der Waals surface area contributed by atoms with E-state index >= 15 is 0 Å². The molecule has 1 atom stereocenters. The first-order valence-electron chi connectivity index (χ1n) is 4.36. The van der Waals surface area contributed by atoms with Gasteiger partial charge in [0.15, 0.2) is 0 Å². The summed E-state index contributed by atoms with van der Waals surface area (Å²) in [7, 11) is 0. The second-order valence-corrected chi connectivity index (χ2v) is 3.42. The average Bonchev–Trinajstić information content (AvgIpc) is 2.06. The van der Waals surface area contributed by atoms with Crippen molar-refractivity contribution in [3.8, 4) is 0 Å². The smallest absolute Gasteiger partial charge is 0.0528 e. The van der Waals surface area contributed by atoms with E-state index in [1.807, 2.05) is 18.3 Å². The Kier molecular flexibility index (Phi) is 3.09. The van der Waals surface area contributed by atoms with Gasteiger partial charge in [-0.25, -0.2) is 0 Å². The van der Waals surface area contributed by atoms with E-state index in [4.69, 9.17) is 0 Å². The second-order valence-electron chi connectivity index (χ2n) is 3.42. The number of nitrogens with zero attached hydrogens (tertiary/aromatic N) is 1. The van der Waals surface area contributed by atoms with Gasteiger partial charge in [0.25, 0.3) is 0 Å². The van der Waals surface area contributed by atoms with E-state index in [1.165, 1.54) is 0 Å². The molecule has 1 aromatic heterocycles. The molecule has 0 bridgehead atoms. The zero-order valence-corrected chi connectivity index (χ0v) is 7.91. The van der Waals surface area contributed by atoms with Crippen molar-refractivity contribution in [3.63, 3.8) is 0 Å². The maximum absolute atomic E-state index is 4.03.